The second-order valence-electron chi connectivity index (χ2n) is 5.64. The molecule has 0 saturated heterocycles. The first-order valence-electron chi connectivity index (χ1n) is 7.67. The molecule has 126 valence electrons. The number of guanidine groups is 1. The van der Waals surface area contributed by atoms with Gasteiger partial charge in [0.2, 0.25) is 0 Å². The standard InChI is InChI=1S/C17H29N3O.HI/c1-14(2)7-6-10-19-17(18-3)20-12-15-8-5-9-16(11-15)13-21-4;/h5,8-9,11,14H,6-7,10,12-13H2,1-4H3,(H2,18,19,20);1H. The Hall–Kier alpha value is -0.820. The largest absolute Gasteiger partial charge is 0.380 e. The Morgan fingerprint density at radius 1 is 1.23 bits per heavy atom. The highest BCUT2D eigenvalue weighted by atomic mass is 127. The van der Waals surface area contributed by atoms with Crippen molar-refractivity contribution in [1.29, 1.82) is 0 Å². The summed E-state index contributed by atoms with van der Waals surface area (Å²) in [6.45, 7) is 6.87. The van der Waals surface area contributed by atoms with Gasteiger partial charge in [0.1, 0.15) is 0 Å². The van der Waals surface area contributed by atoms with Crippen LogP contribution in [0.2, 0.25) is 0 Å². The summed E-state index contributed by atoms with van der Waals surface area (Å²) in [6, 6.07) is 8.40. The fraction of sp³-hybridized carbons (Fsp3) is 0.588. The van der Waals surface area contributed by atoms with Gasteiger partial charge in [0, 0.05) is 27.2 Å². The number of methoxy groups -OCH3 is 1. The number of rotatable bonds is 8. The minimum atomic E-state index is 0. The average Bonchev–Trinajstić information content (AvgIpc) is 2.47. The molecule has 1 aromatic carbocycles. The maximum absolute atomic E-state index is 5.16. The molecule has 0 radical (unpaired) electrons. The average molecular weight is 419 g/mol. The molecule has 0 aliphatic heterocycles. The van der Waals surface area contributed by atoms with Crippen LogP contribution < -0.4 is 10.6 Å². The van der Waals surface area contributed by atoms with Crippen LogP contribution in [0, 0.1) is 5.92 Å². The van der Waals surface area contributed by atoms with Crippen molar-refractivity contribution < 1.29 is 4.74 Å². The molecule has 0 amide bonds. The van der Waals surface area contributed by atoms with Crippen LogP contribution in [0.25, 0.3) is 0 Å². The number of hydrogen-bond acceptors (Lipinski definition) is 2. The van der Waals surface area contributed by atoms with Gasteiger partial charge in [-0.3, -0.25) is 4.99 Å². The van der Waals surface area contributed by atoms with E-state index in [1.54, 1.807) is 14.2 Å². The lowest BCUT2D eigenvalue weighted by Gasteiger charge is -2.13. The van der Waals surface area contributed by atoms with Gasteiger partial charge in [0.15, 0.2) is 5.96 Å². The summed E-state index contributed by atoms with van der Waals surface area (Å²) < 4.78 is 5.16. The van der Waals surface area contributed by atoms with E-state index in [1.807, 2.05) is 0 Å². The van der Waals surface area contributed by atoms with Crippen LogP contribution in [0.1, 0.15) is 37.8 Å². The Bertz CT molecular complexity index is 436. The molecular weight excluding hydrogens is 389 g/mol. The van der Waals surface area contributed by atoms with E-state index in [9.17, 15) is 0 Å². The summed E-state index contributed by atoms with van der Waals surface area (Å²) in [4.78, 5) is 4.25. The number of ether oxygens (including phenoxy) is 1. The van der Waals surface area contributed by atoms with Gasteiger partial charge in [-0.15, -0.1) is 24.0 Å². The Morgan fingerprint density at radius 2 is 1.95 bits per heavy atom. The molecule has 0 spiro atoms. The molecule has 0 saturated carbocycles. The first-order chi connectivity index (χ1) is 10.2. The van der Waals surface area contributed by atoms with Crippen molar-refractivity contribution in [3.8, 4) is 0 Å². The maximum Gasteiger partial charge on any atom is 0.191 e. The summed E-state index contributed by atoms with van der Waals surface area (Å²) >= 11 is 0. The third kappa shape index (κ3) is 9.25. The molecule has 1 aromatic rings. The van der Waals surface area contributed by atoms with Crippen LogP contribution >= 0.6 is 24.0 Å². The van der Waals surface area contributed by atoms with Gasteiger partial charge in [-0.1, -0.05) is 38.1 Å². The fourth-order valence-corrected chi connectivity index (χ4v) is 2.12. The third-order valence-corrected chi connectivity index (χ3v) is 3.24. The van der Waals surface area contributed by atoms with E-state index < -0.39 is 0 Å². The number of halogens is 1. The minimum Gasteiger partial charge on any atom is -0.380 e. The van der Waals surface area contributed by atoms with Gasteiger partial charge < -0.3 is 15.4 Å². The normalized spacial score (nSPS) is 11.2. The highest BCUT2D eigenvalue weighted by molar-refractivity contribution is 14.0. The molecule has 22 heavy (non-hydrogen) atoms. The second kappa shape index (κ2) is 12.7. The number of benzene rings is 1. The molecule has 0 heterocycles. The smallest absolute Gasteiger partial charge is 0.191 e. The molecule has 0 bridgehead atoms. The number of aliphatic imine (C=N–C) groups is 1. The monoisotopic (exact) mass is 419 g/mol. The van der Waals surface area contributed by atoms with E-state index in [0.29, 0.717) is 6.61 Å². The lowest BCUT2D eigenvalue weighted by molar-refractivity contribution is 0.185. The van der Waals surface area contributed by atoms with Crippen LogP contribution in [-0.2, 0) is 17.9 Å². The van der Waals surface area contributed by atoms with E-state index >= 15 is 0 Å². The predicted octanol–water partition coefficient (Wildman–Crippen LogP) is 3.55. The predicted molar refractivity (Wildman–Crippen MR) is 105 cm³/mol. The Morgan fingerprint density at radius 3 is 2.59 bits per heavy atom. The SMILES string of the molecule is CN=C(NCCCC(C)C)NCc1cccc(COC)c1.I. The van der Waals surface area contributed by atoms with E-state index in [0.717, 1.165) is 25.0 Å². The summed E-state index contributed by atoms with van der Waals surface area (Å²) in [5, 5.41) is 6.69. The zero-order valence-corrected chi connectivity index (χ0v) is 16.5. The van der Waals surface area contributed by atoms with Gasteiger partial charge in [-0.05, 0) is 29.9 Å². The zero-order valence-electron chi connectivity index (χ0n) is 14.2. The highest BCUT2D eigenvalue weighted by Gasteiger charge is 2.00. The first kappa shape index (κ1) is 21.2. The highest BCUT2D eigenvalue weighted by Crippen LogP contribution is 2.06. The summed E-state index contributed by atoms with van der Waals surface area (Å²) in [5.74, 6) is 1.61. The summed E-state index contributed by atoms with van der Waals surface area (Å²) in [6.07, 6.45) is 2.41. The first-order valence-corrected chi connectivity index (χ1v) is 7.67. The molecule has 0 aliphatic rings. The summed E-state index contributed by atoms with van der Waals surface area (Å²) in [7, 11) is 3.52. The van der Waals surface area contributed by atoms with Crippen molar-refractivity contribution in [2.45, 2.75) is 39.8 Å². The number of hydrogen-bond donors (Lipinski definition) is 2. The number of nitrogens with one attached hydrogen (secondary N) is 2. The van der Waals surface area contributed by atoms with E-state index in [4.69, 9.17) is 4.74 Å². The molecule has 2 N–H and O–H groups in total. The van der Waals surface area contributed by atoms with Crippen LogP contribution in [0.3, 0.4) is 0 Å². The van der Waals surface area contributed by atoms with E-state index in [2.05, 4.69) is 53.7 Å². The molecule has 4 nitrogen and oxygen atoms in total. The van der Waals surface area contributed by atoms with Crippen LogP contribution in [0.5, 0.6) is 0 Å². The zero-order chi connectivity index (χ0) is 15.5. The van der Waals surface area contributed by atoms with Gasteiger partial charge >= 0.3 is 0 Å². The van der Waals surface area contributed by atoms with Crippen molar-refractivity contribution >= 4 is 29.9 Å². The van der Waals surface area contributed by atoms with Gasteiger partial charge in [0.25, 0.3) is 0 Å². The van der Waals surface area contributed by atoms with E-state index in [-0.39, 0.29) is 24.0 Å². The van der Waals surface area contributed by atoms with Gasteiger partial charge in [0.05, 0.1) is 6.61 Å². The molecule has 0 aromatic heterocycles. The third-order valence-electron chi connectivity index (χ3n) is 3.24. The summed E-state index contributed by atoms with van der Waals surface area (Å²) in [5.41, 5.74) is 2.42. The fourth-order valence-electron chi connectivity index (χ4n) is 2.12. The van der Waals surface area contributed by atoms with Crippen molar-refractivity contribution in [3.05, 3.63) is 35.4 Å². The molecule has 1 rings (SSSR count). The van der Waals surface area contributed by atoms with Crippen molar-refractivity contribution in [3.63, 3.8) is 0 Å². The molecule has 0 atom stereocenters. The quantitative estimate of drug-likeness (QED) is 0.293. The molecule has 5 heteroatoms. The van der Waals surface area contributed by atoms with Crippen molar-refractivity contribution in [2.24, 2.45) is 10.9 Å². The van der Waals surface area contributed by atoms with Crippen LogP contribution in [0.4, 0.5) is 0 Å². The number of nitrogens with zero attached hydrogens (tertiary/aromatic N) is 1. The maximum atomic E-state index is 5.16. The van der Waals surface area contributed by atoms with Gasteiger partial charge in [-0.2, -0.15) is 0 Å². The van der Waals surface area contributed by atoms with Crippen molar-refractivity contribution in [1.82, 2.24) is 10.6 Å². The molecular formula is C17H30IN3O. The Balaban J connectivity index is 0.00000441. The second-order valence-corrected chi connectivity index (χ2v) is 5.64. The molecule has 0 aliphatic carbocycles. The minimum absolute atomic E-state index is 0. The lowest BCUT2D eigenvalue weighted by atomic mass is 10.1. The lowest BCUT2D eigenvalue weighted by Crippen LogP contribution is -2.37. The van der Waals surface area contributed by atoms with Crippen LogP contribution in [0.15, 0.2) is 29.3 Å². The topological polar surface area (TPSA) is 45.7 Å². The Labute approximate surface area is 152 Å². The molecule has 0 unspecified atom stereocenters. The van der Waals surface area contributed by atoms with Crippen LogP contribution in [-0.4, -0.2) is 26.7 Å². The van der Waals surface area contributed by atoms with Crippen molar-refractivity contribution in [2.75, 3.05) is 20.7 Å². The van der Waals surface area contributed by atoms with E-state index in [1.165, 1.54) is 24.0 Å². The molecule has 0 fully saturated rings. The Kier molecular flexibility index (Phi) is 12.2. The van der Waals surface area contributed by atoms with Gasteiger partial charge in [-0.25, -0.2) is 0 Å².